The first kappa shape index (κ1) is 25.9. The Bertz CT molecular complexity index is 1580. The molecular formula is C26H26FN9O3. The van der Waals surface area contributed by atoms with E-state index in [4.69, 9.17) is 5.11 Å². The summed E-state index contributed by atoms with van der Waals surface area (Å²) in [5.74, 6) is -0.465. The van der Waals surface area contributed by atoms with Crippen LogP contribution in [0.25, 0.3) is 22.6 Å². The minimum Gasteiger partial charge on any atom is -0.395 e. The summed E-state index contributed by atoms with van der Waals surface area (Å²) in [7, 11) is 0. The molecule has 1 aromatic carbocycles. The fourth-order valence-electron chi connectivity index (χ4n) is 4.27. The Morgan fingerprint density at radius 3 is 2.69 bits per heavy atom. The lowest BCUT2D eigenvalue weighted by molar-refractivity contribution is -0.111. The lowest BCUT2D eigenvalue weighted by Crippen LogP contribution is -2.47. The molecule has 13 heteroatoms. The molecule has 5 rings (SSSR count). The molecule has 1 saturated heterocycles. The number of hydrogen-bond donors (Lipinski definition) is 4. The van der Waals surface area contributed by atoms with Crippen LogP contribution in [0.1, 0.15) is 0 Å². The molecular weight excluding hydrogens is 505 g/mol. The fraction of sp³-hybridized carbons (Fsp3) is 0.231. The number of amides is 1. The second kappa shape index (κ2) is 11.3. The number of aliphatic hydroxyl groups is 1. The number of rotatable bonds is 8. The number of nitrogens with one attached hydrogen (secondary N) is 3. The second-order valence-corrected chi connectivity index (χ2v) is 8.81. The molecule has 4 heterocycles. The van der Waals surface area contributed by atoms with Gasteiger partial charge in [-0.3, -0.25) is 19.5 Å². The highest BCUT2D eigenvalue weighted by atomic mass is 19.1. The van der Waals surface area contributed by atoms with E-state index in [1.54, 1.807) is 24.3 Å². The molecule has 1 amide bonds. The molecule has 0 atom stereocenters. The van der Waals surface area contributed by atoms with Crippen LogP contribution in [0, 0.1) is 5.82 Å². The third-order valence-corrected chi connectivity index (χ3v) is 6.26. The van der Waals surface area contributed by atoms with E-state index < -0.39 is 5.56 Å². The van der Waals surface area contributed by atoms with Gasteiger partial charge in [-0.2, -0.15) is 9.97 Å². The van der Waals surface area contributed by atoms with E-state index in [1.807, 2.05) is 4.90 Å². The van der Waals surface area contributed by atoms with Gasteiger partial charge in [-0.05, 0) is 36.4 Å². The van der Waals surface area contributed by atoms with Gasteiger partial charge in [0.2, 0.25) is 11.9 Å². The number of carbonyl (C=O) groups excluding carboxylic acids is 1. The molecule has 39 heavy (non-hydrogen) atoms. The van der Waals surface area contributed by atoms with Crippen molar-refractivity contribution in [1.29, 1.82) is 0 Å². The van der Waals surface area contributed by atoms with Crippen molar-refractivity contribution in [2.24, 2.45) is 0 Å². The summed E-state index contributed by atoms with van der Waals surface area (Å²) in [5.41, 5.74) is 1.37. The van der Waals surface area contributed by atoms with Crippen molar-refractivity contribution in [1.82, 2.24) is 29.8 Å². The Kier molecular flexibility index (Phi) is 7.52. The Hall–Kier alpha value is -4.75. The number of fused-ring (bicyclic) bond motifs is 1. The monoisotopic (exact) mass is 531 g/mol. The lowest BCUT2D eigenvalue weighted by Gasteiger charge is -2.36. The number of H-pyrrole nitrogens is 1. The summed E-state index contributed by atoms with van der Waals surface area (Å²) < 4.78 is 15.0. The van der Waals surface area contributed by atoms with Crippen LogP contribution in [0.4, 0.5) is 27.4 Å². The molecule has 4 N–H and O–H groups in total. The summed E-state index contributed by atoms with van der Waals surface area (Å²) in [6.07, 6.45) is 3.95. The largest absolute Gasteiger partial charge is 0.395 e. The maximum atomic E-state index is 15.0. The standard InChI is InChI=1S/C26H26FN9O3/c1-2-22(38)30-17-5-6-28-20(14-17)24-32-23-18(25(39)33-24)15-29-26(34-23)31-16-3-4-21(19(27)13-16)36-9-7-35(8-10-36)11-12-37/h2-6,13-15,37H,1,7-12H2,(H,28,30,38)(H2,29,31,32,33,34,39). The first-order valence-electron chi connectivity index (χ1n) is 12.2. The third kappa shape index (κ3) is 5.89. The molecule has 1 fully saturated rings. The van der Waals surface area contributed by atoms with Crippen molar-refractivity contribution in [3.63, 3.8) is 0 Å². The topological polar surface area (TPSA) is 152 Å². The Balaban J connectivity index is 1.36. The number of nitrogens with zero attached hydrogens (tertiary/aromatic N) is 6. The van der Waals surface area contributed by atoms with Gasteiger partial charge in [0.1, 0.15) is 22.5 Å². The molecule has 3 aromatic heterocycles. The number of aromatic amines is 1. The number of hydrogen-bond acceptors (Lipinski definition) is 10. The highest BCUT2D eigenvalue weighted by Crippen LogP contribution is 2.25. The Labute approximate surface area is 222 Å². The third-order valence-electron chi connectivity index (χ3n) is 6.26. The highest BCUT2D eigenvalue weighted by molar-refractivity contribution is 5.99. The minimum absolute atomic E-state index is 0.108. The van der Waals surface area contributed by atoms with Gasteiger partial charge in [-0.1, -0.05) is 6.58 Å². The molecule has 0 saturated carbocycles. The summed E-state index contributed by atoms with van der Waals surface area (Å²) in [6, 6.07) is 7.96. The molecule has 0 unspecified atom stereocenters. The zero-order chi connectivity index (χ0) is 27.4. The van der Waals surface area contributed by atoms with Crippen molar-refractivity contribution in [2.75, 3.05) is 54.9 Å². The van der Waals surface area contributed by atoms with E-state index in [0.29, 0.717) is 42.4 Å². The van der Waals surface area contributed by atoms with Gasteiger partial charge in [0, 0.05) is 56.5 Å². The Morgan fingerprint density at radius 1 is 1.13 bits per heavy atom. The number of anilines is 4. The van der Waals surface area contributed by atoms with Crippen LogP contribution in [0.2, 0.25) is 0 Å². The normalized spacial score (nSPS) is 13.8. The van der Waals surface area contributed by atoms with E-state index in [0.717, 1.165) is 19.2 Å². The van der Waals surface area contributed by atoms with E-state index in [1.165, 1.54) is 18.5 Å². The average Bonchev–Trinajstić information content (AvgIpc) is 2.94. The zero-order valence-corrected chi connectivity index (χ0v) is 20.9. The quantitative estimate of drug-likeness (QED) is 0.248. The minimum atomic E-state index is -0.554. The van der Waals surface area contributed by atoms with E-state index in [-0.39, 0.29) is 41.1 Å². The number of aromatic nitrogens is 5. The van der Waals surface area contributed by atoms with Gasteiger partial charge in [-0.15, -0.1) is 0 Å². The van der Waals surface area contributed by atoms with Gasteiger partial charge >= 0.3 is 0 Å². The van der Waals surface area contributed by atoms with Crippen molar-refractivity contribution >= 4 is 40.0 Å². The first-order chi connectivity index (χ1) is 18.9. The molecule has 0 aliphatic carbocycles. The predicted octanol–water partition coefficient (Wildman–Crippen LogP) is 1.90. The van der Waals surface area contributed by atoms with Crippen molar-refractivity contribution in [3.8, 4) is 11.5 Å². The summed E-state index contributed by atoms with van der Waals surface area (Å²) >= 11 is 0. The van der Waals surface area contributed by atoms with Crippen LogP contribution < -0.4 is 21.1 Å². The van der Waals surface area contributed by atoms with E-state index >= 15 is 0 Å². The number of aliphatic hydroxyl groups excluding tert-OH is 1. The fourth-order valence-corrected chi connectivity index (χ4v) is 4.27. The average molecular weight is 532 g/mol. The highest BCUT2D eigenvalue weighted by Gasteiger charge is 2.19. The van der Waals surface area contributed by atoms with Gasteiger partial charge in [-0.25, -0.2) is 9.37 Å². The van der Waals surface area contributed by atoms with E-state index in [2.05, 4.69) is 47.0 Å². The van der Waals surface area contributed by atoms with Crippen LogP contribution >= 0.6 is 0 Å². The van der Waals surface area contributed by atoms with Gasteiger partial charge in [0.05, 0.1) is 12.3 Å². The molecule has 200 valence electrons. The molecule has 0 radical (unpaired) electrons. The SMILES string of the molecule is C=CC(=O)Nc1ccnc(-c2nc(=O)c3cnc(Nc4ccc(N5CCN(CCO)CC5)c(F)c4)nc3[nH]2)c1. The van der Waals surface area contributed by atoms with Crippen LogP contribution in [0.5, 0.6) is 0 Å². The van der Waals surface area contributed by atoms with Gasteiger partial charge in [0.25, 0.3) is 5.56 Å². The number of pyridine rings is 1. The number of piperazine rings is 1. The number of halogens is 1. The van der Waals surface area contributed by atoms with Crippen molar-refractivity contribution in [3.05, 3.63) is 71.6 Å². The lowest BCUT2D eigenvalue weighted by atomic mass is 10.2. The van der Waals surface area contributed by atoms with Crippen LogP contribution in [-0.2, 0) is 4.79 Å². The molecule has 1 aliphatic heterocycles. The van der Waals surface area contributed by atoms with Gasteiger partial charge < -0.3 is 25.6 Å². The van der Waals surface area contributed by atoms with Gasteiger partial charge in [0.15, 0.2) is 5.82 Å². The molecule has 4 aromatic rings. The van der Waals surface area contributed by atoms with Crippen LogP contribution in [0.15, 0.2) is 60.2 Å². The van der Waals surface area contributed by atoms with Crippen molar-refractivity contribution < 1.29 is 14.3 Å². The maximum Gasteiger partial charge on any atom is 0.284 e. The van der Waals surface area contributed by atoms with Crippen LogP contribution in [-0.4, -0.2) is 80.2 Å². The summed E-state index contributed by atoms with van der Waals surface area (Å²) in [4.78, 5) is 48.2. The van der Waals surface area contributed by atoms with E-state index in [9.17, 15) is 14.0 Å². The number of benzene rings is 1. The smallest absolute Gasteiger partial charge is 0.284 e. The Morgan fingerprint density at radius 2 is 1.95 bits per heavy atom. The predicted molar refractivity (Wildman–Crippen MR) is 145 cm³/mol. The maximum absolute atomic E-state index is 15.0. The number of carbonyl (C=O) groups is 1. The molecule has 1 aliphatic rings. The first-order valence-corrected chi connectivity index (χ1v) is 12.2. The van der Waals surface area contributed by atoms with Crippen molar-refractivity contribution in [2.45, 2.75) is 0 Å². The molecule has 12 nitrogen and oxygen atoms in total. The molecule has 0 bridgehead atoms. The summed E-state index contributed by atoms with van der Waals surface area (Å²) in [6.45, 7) is 6.98. The summed E-state index contributed by atoms with van der Waals surface area (Å²) in [5, 5.41) is 14.9. The van der Waals surface area contributed by atoms with Crippen LogP contribution in [0.3, 0.4) is 0 Å². The molecule has 0 spiro atoms. The second-order valence-electron chi connectivity index (χ2n) is 8.81. The zero-order valence-electron chi connectivity index (χ0n) is 20.9. The number of β-amino-alcohol motifs (C(OH)–C–C–N with tert-alkyl or cyclic N) is 1.